The van der Waals surface area contributed by atoms with Crippen molar-refractivity contribution in [2.45, 2.75) is 32.7 Å². The summed E-state index contributed by atoms with van der Waals surface area (Å²) in [6.45, 7) is 3.83. The number of hydrogen-bond acceptors (Lipinski definition) is 4. The average Bonchev–Trinajstić information content (AvgIpc) is 2.87. The third-order valence-electron chi connectivity index (χ3n) is 6.25. The quantitative estimate of drug-likeness (QED) is 0.703. The van der Waals surface area contributed by atoms with Crippen LogP contribution in [0.3, 0.4) is 0 Å². The first kappa shape index (κ1) is 23.4. The molecule has 2 aliphatic rings. The van der Waals surface area contributed by atoms with Crippen LogP contribution in [0.15, 0.2) is 42.5 Å². The van der Waals surface area contributed by atoms with Gasteiger partial charge >= 0.3 is 5.97 Å². The van der Waals surface area contributed by atoms with Gasteiger partial charge in [0.15, 0.2) is 0 Å². The van der Waals surface area contributed by atoms with Gasteiger partial charge < -0.3 is 20.2 Å². The van der Waals surface area contributed by atoms with Gasteiger partial charge in [-0.05, 0) is 29.2 Å². The van der Waals surface area contributed by atoms with E-state index in [1.807, 2.05) is 0 Å². The zero-order valence-corrected chi connectivity index (χ0v) is 19.0. The highest BCUT2D eigenvalue weighted by Gasteiger charge is 2.41. The van der Waals surface area contributed by atoms with Crippen molar-refractivity contribution in [2.75, 3.05) is 25.0 Å². The zero-order chi connectivity index (χ0) is 24.6. The summed E-state index contributed by atoms with van der Waals surface area (Å²) < 4.78 is 14.3. The third kappa shape index (κ3) is 4.64. The number of carboxylic acids is 1. The number of halogens is 1. The number of fused-ring (bicyclic) bond motifs is 2. The van der Waals surface area contributed by atoms with Crippen LogP contribution in [0.1, 0.15) is 37.0 Å². The molecule has 1 atom stereocenters. The molecular weight excluding hydrogens is 441 g/mol. The monoisotopic (exact) mass is 467 g/mol. The molecule has 4 rings (SSSR count). The molecule has 1 unspecified atom stereocenters. The molecule has 34 heavy (non-hydrogen) atoms. The van der Waals surface area contributed by atoms with Crippen molar-refractivity contribution in [3.63, 3.8) is 0 Å². The van der Waals surface area contributed by atoms with E-state index in [1.165, 1.54) is 15.9 Å². The van der Waals surface area contributed by atoms with Crippen LogP contribution >= 0.6 is 0 Å². The average molecular weight is 467 g/mol. The van der Waals surface area contributed by atoms with Crippen molar-refractivity contribution >= 4 is 29.4 Å². The van der Waals surface area contributed by atoms with E-state index in [1.54, 1.807) is 50.2 Å². The van der Waals surface area contributed by atoms with Gasteiger partial charge in [0.1, 0.15) is 11.9 Å². The van der Waals surface area contributed by atoms with Crippen LogP contribution in [-0.4, -0.2) is 64.3 Å². The molecule has 9 heteroatoms. The van der Waals surface area contributed by atoms with Crippen LogP contribution in [0.2, 0.25) is 0 Å². The van der Waals surface area contributed by atoms with E-state index in [0.717, 1.165) is 0 Å². The number of anilines is 1. The van der Waals surface area contributed by atoms with Crippen LogP contribution in [-0.2, 0) is 14.4 Å². The molecule has 1 fully saturated rings. The van der Waals surface area contributed by atoms with Gasteiger partial charge in [-0.2, -0.15) is 0 Å². The fourth-order valence-electron chi connectivity index (χ4n) is 4.53. The molecule has 2 N–H and O–H groups in total. The number of amides is 3. The number of piperazine rings is 1. The molecule has 2 aromatic rings. The number of benzene rings is 2. The summed E-state index contributed by atoms with van der Waals surface area (Å²) >= 11 is 0. The second kappa shape index (κ2) is 8.89. The van der Waals surface area contributed by atoms with Crippen molar-refractivity contribution in [1.29, 1.82) is 0 Å². The Morgan fingerprint density at radius 2 is 1.82 bits per heavy atom. The summed E-state index contributed by atoms with van der Waals surface area (Å²) in [6.07, 6.45) is -0.130. The van der Waals surface area contributed by atoms with Crippen molar-refractivity contribution in [2.24, 2.45) is 5.41 Å². The lowest BCUT2D eigenvalue weighted by Gasteiger charge is -2.40. The van der Waals surface area contributed by atoms with E-state index >= 15 is 0 Å². The number of hydrogen-bond donors (Lipinski definition) is 2. The normalized spacial score (nSPS) is 18.0. The van der Waals surface area contributed by atoms with E-state index in [9.17, 15) is 23.6 Å². The number of carboxylic acid groups (broad SMARTS) is 1. The molecule has 8 nitrogen and oxygen atoms in total. The number of carbonyl (C=O) groups is 4. The Kier molecular flexibility index (Phi) is 6.12. The third-order valence-corrected chi connectivity index (χ3v) is 6.25. The first-order valence-electron chi connectivity index (χ1n) is 11.1. The van der Waals surface area contributed by atoms with Gasteiger partial charge in [0.2, 0.25) is 11.8 Å². The predicted molar refractivity (Wildman–Crippen MR) is 123 cm³/mol. The van der Waals surface area contributed by atoms with E-state index in [0.29, 0.717) is 16.8 Å². The highest BCUT2D eigenvalue weighted by atomic mass is 19.1. The van der Waals surface area contributed by atoms with Gasteiger partial charge in [-0.25, -0.2) is 4.39 Å². The molecular formula is C25H26FN3O5. The molecule has 0 radical (unpaired) electrons. The van der Waals surface area contributed by atoms with Gasteiger partial charge in [-0.3, -0.25) is 19.2 Å². The summed E-state index contributed by atoms with van der Waals surface area (Å²) in [6, 6.07) is 10.2. The molecule has 3 amide bonds. The smallest absolute Gasteiger partial charge is 0.303 e. The van der Waals surface area contributed by atoms with E-state index < -0.39 is 29.2 Å². The van der Waals surface area contributed by atoms with Gasteiger partial charge in [0, 0.05) is 25.1 Å². The Bertz CT molecular complexity index is 1180. The molecule has 0 aromatic heterocycles. The van der Waals surface area contributed by atoms with Crippen molar-refractivity contribution < 1.29 is 28.7 Å². The highest BCUT2D eigenvalue weighted by Crippen LogP contribution is 2.32. The van der Waals surface area contributed by atoms with Crippen molar-refractivity contribution in [3.05, 3.63) is 53.8 Å². The first-order chi connectivity index (χ1) is 16.1. The Morgan fingerprint density at radius 1 is 1.09 bits per heavy atom. The molecule has 0 saturated carbocycles. The first-order valence-corrected chi connectivity index (χ1v) is 11.1. The van der Waals surface area contributed by atoms with E-state index in [4.69, 9.17) is 5.11 Å². The van der Waals surface area contributed by atoms with Gasteiger partial charge in [-0.1, -0.05) is 38.1 Å². The van der Waals surface area contributed by atoms with Crippen LogP contribution in [0.5, 0.6) is 0 Å². The Labute approximate surface area is 196 Å². The molecule has 0 aliphatic carbocycles. The number of nitrogens with zero attached hydrogens (tertiary/aromatic N) is 2. The minimum absolute atomic E-state index is 0.0215. The molecule has 2 aromatic carbocycles. The standard InChI is InChI=1S/C25H26FN3O5/c1-25(2,13-22(31)32)12-21(30)28-9-10-29-20(14-28)23(33)27-19-8-7-15(11-17(19)24(29)34)16-5-3-4-6-18(16)26/h3-8,11,20H,9-10,12-14H2,1-2H3,(H,27,33)(H,31,32). The maximum absolute atomic E-state index is 14.3. The van der Waals surface area contributed by atoms with E-state index in [-0.39, 0.29) is 49.9 Å². The summed E-state index contributed by atoms with van der Waals surface area (Å²) in [5.41, 5.74) is 0.738. The molecule has 1 saturated heterocycles. The lowest BCUT2D eigenvalue weighted by molar-refractivity contribution is -0.141. The van der Waals surface area contributed by atoms with Crippen molar-refractivity contribution in [3.8, 4) is 11.1 Å². The van der Waals surface area contributed by atoms with Crippen LogP contribution in [0.4, 0.5) is 10.1 Å². The summed E-state index contributed by atoms with van der Waals surface area (Å²) in [5.74, 6) is -2.43. The molecule has 2 heterocycles. The molecule has 2 aliphatic heterocycles. The Balaban J connectivity index is 1.56. The highest BCUT2D eigenvalue weighted by molar-refractivity contribution is 6.10. The second-order valence-electron chi connectivity index (χ2n) is 9.50. The molecule has 0 spiro atoms. The van der Waals surface area contributed by atoms with Gasteiger partial charge in [0.05, 0.1) is 24.2 Å². The van der Waals surface area contributed by atoms with Crippen LogP contribution in [0.25, 0.3) is 11.1 Å². The fraction of sp³-hybridized carbons (Fsp3) is 0.360. The Hall–Kier alpha value is -3.75. The number of carbonyl (C=O) groups excluding carboxylic acids is 3. The maximum Gasteiger partial charge on any atom is 0.303 e. The molecule has 0 bridgehead atoms. The van der Waals surface area contributed by atoms with Crippen LogP contribution < -0.4 is 5.32 Å². The lowest BCUT2D eigenvalue weighted by Crippen LogP contribution is -2.59. The van der Waals surface area contributed by atoms with Gasteiger partial charge in [-0.15, -0.1) is 0 Å². The topological polar surface area (TPSA) is 107 Å². The van der Waals surface area contributed by atoms with Crippen molar-refractivity contribution in [1.82, 2.24) is 9.80 Å². The number of nitrogens with one attached hydrogen (secondary N) is 1. The van der Waals surface area contributed by atoms with E-state index in [2.05, 4.69) is 5.32 Å². The maximum atomic E-state index is 14.3. The summed E-state index contributed by atoms with van der Waals surface area (Å²) in [4.78, 5) is 53.3. The molecule has 178 valence electrons. The zero-order valence-electron chi connectivity index (χ0n) is 19.0. The minimum atomic E-state index is -0.983. The summed E-state index contributed by atoms with van der Waals surface area (Å²) in [5, 5.41) is 11.8. The Morgan fingerprint density at radius 3 is 2.53 bits per heavy atom. The second-order valence-corrected chi connectivity index (χ2v) is 9.50. The lowest BCUT2D eigenvalue weighted by atomic mass is 9.85. The largest absolute Gasteiger partial charge is 0.481 e. The number of rotatable bonds is 5. The number of aliphatic carboxylic acids is 1. The SMILES string of the molecule is CC(C)(CC(=O)O)CC(=O)N1CCN2C(=O)c3cc(-c4ccccc4F)ccc3NC(=O)C2C1. The summed E-state index contributed by atoms with van der Waals surface area (Å²) in [7, 11) is 0. The minimum Gasteiger partial charge on any atom is -0.481 e. The fourth-order valence-corrected chi connectivity index (χ4v) is 4.53. The van der Waals surface area contributed by atoms with Gasteiger partial charge in [0.25, 0.3) is 5.91 Å². The predicted octanol–water partition coefficient (Wildman–Crippen LogP) is 2.99. The van der Waals surface area contributed by atoms with Crippen LogP contribution in [0, 0.1) is 11.2 Å².